The highest BCUT2D eigenvalue weighted by Crippen LogP contribution is 2.11. The Bertz CT molecular complexity index is 573. The number of aliphatic carboxylic acids is 1. The lowest BCUT2D eigenvalue weighted by molar-refractivity contribution is -0.137. The fraction of sp³-hybridized carbons (Fsp3) is 0.731. The van der Waals surface area contributed by atoms with Crippen molar-refractivity contribution in [2.45, 2.75) is 104 Å². The molecule has 0 saturated heterocycles. The Labute approximate surface area is 211 Å². The number of nitrogens with one attached hydrogen (secondary N) is 2. The number of halogens is 2. The smallest absolute Gasteiger partial charge is 0.303 e. The molecular weight excluding hydrogens is 456 g/mol. The second-order valence-electron chi connectivity index (χ2n) is 8.08. The molecule has 35 heavy (non-hydrogen) atoms. The third-order valence-corrected chi connectivity index (χ3v) is 4.74. The molecule has 0 aliphatic carbocycles. The van der Waals surface area contributed by atoms with Crippen LogP contribution in [-0.4, -0.2) is 48.9 Å². The minimum Gasteiger partial charge on any atom is -0.481 e. The Morgan fingerprint density at radius 3 is 1.97 bits per heavy atom. The van der Waals surface area contributed by atoms with Gasteiger partial charge in [0.05, 0.1) is 0 Å². The van der Waals surface area contributed by atoms with E-state index in [0.717, 1.165) is 56.9 Å². The van der Waals surface area contributed by atoms with Crippen LogP contribution in [0.3, 0.4) is 0 Å². The van der Waals surface area contributed by atoms with E-state index in [-0.39, 0.29) is 12.3 Å². The summed E-state index contributed by atoms with van der Waals surface area (Å²) in [6, 6.07) is -0.539. The molecular formula is C26H49F2N3O4. The molecule has 2 atom stereocenters. The van der Waals surface area contributed by atoms with E-state index in [4.69, 9.17) is 10.8 Å². The number of rotatable bonds is 19. The first-order valence-corrected chi connectivity index (χ1v) is 12.7. The zero-order valence-corrected chi connectivity index (χ0v) is 22.2. The minimum absolute atomic E-state index is 0.180. The molecule has 0 saturated carbocycles. The number of hydrogen-bond donors (Lipinski definition) is 4. The molecule has 9 heteroatoms. The van der Waals surface area contributed by atoms with Crippen LogP contribution in [-0.2, 0) is 14.4 Å². The maximum Gasteiger partial charge on any atom is 0.303 e. The van der Waals surface area contributed by atoms with E-state index in [1.807, 2.05) is 13.8 Å². The van der Waals surface area contributed by atoms with Gasteiger partial charge in [0.15, 0.2) is 0 Å². The molecule has 0 spiro atoms. The number of nitrogens with two attached hydrogens (primary N) is 1. The third-order valence-electron chi connectivity index (χ3n) is 4.74. The van der Waals surface area contributed by atoms with Crippen LogP contribution < -0.4 is 16.4 Å². The summed E-state index contributed by atoms with van der Waals surface area (Å²) in [5.41, 5.74) is 6.20. The van der Waals surface area contributed by atoms with Gasteiger partial charge in [-0.1, -0.05) is 83.6 Å². The SMILES string of the molecule is C=C(C)/C=C\C(C)C(F)F.CC.NCCC(NC=O)C(=O)NCCCCCCCCCCC(=O)O. The van der Waals surface area contributed by atoms with Gasteiger partial charge in [-0.15, -0.1) is 0 Å². The minimum atomic E-state index is -2.27. The Balaban J connectivity index is -0.000000712. The maximum atomic E-state index is 11.8. The van der Waals surface area contributed by atoms with Gasteiger partial charge in [-0.25, -0.2) is 8.78 Å². The van der Waals surface area contributed by atoms with Crippen LogP contribution in [0.4, 0.5) is 8.78 Å². The summed E-state index contributed by atoms with van der Waals surface area (Å²) in [6.07, 6.45) is 10.2. The molecule has 7 nitrogen and oxygen atoms in total. The Morgan fingerprint density at radius 2 is 1.54 bits per heavy atom. The largest absolute Gasteiger partial charge is 0.481 e. The Hall–Kier alpha value is -2.29. The van der Waals surface area contributed by atoms with E-state index < -0.39 is 24.4 Å². The summed E-state index contributed by atoms with van der Waals surface area (Å²) in [5, 5.41) is 13.8. The van der Waals surface area contributed by atoms with E-state index in [9.17, 15) is 23.2 Å². The molecule has 0 heterocycles. The lowest BCUT2D eigenvalue weighted by atomic mass is 10.1. The van der Waals surface area contributed by atoms with Crippen molar-refractivity contribution in [3.8, 4) is 0 Å². The van der Waals surface area contributed by atoms with Gasteiger partial charge in [-0.05, 0) is 32.7 Å². The first-order valence-electron chi connectivity index (χ1n) is 12.7. The van der Waals surface area contributed by atoms with Crippen molar-refractivity contribution in [2.24, 2.45) is 11.7 Å². The van der Waals surface area contributed by atoms with E-state index in [1.165, 1.54) is 13.0 Å². The zero-order valence-electron chi connectivity index (χ0n) is 22.2. The van der Waals surface area contributed by atoms with Crippen LogP contribution in [0, 0.1) is 5.92 Å². The molecule has 0 radical (unpaired) electrons. The Kier molecular flexibility index (Phi) is 29.8. The summed E-state index contributed by atoms with van der Waals surface area (Å²) in [4.78, 5) is 32.5. The maximum absolute atomic E-state index is 11.8. The van der Waals surface area contributed by atoms with Gasteiger partial charge in [0, 0.05) is 18.9 Å². The average molecular weight is 506 g/mol. The van der Waals surface area contributed by atoms with Crippen molar-refractivity contribution in [3.63, 3.8) is 0 Å². The fourth-order valence-electron chi connectivity index (χ4n) is 2.74. The molecule has 0 fully saturated rings. The van der Waals surface area contributed by atoms with Gasteiger partial charge in [0.2, 0.25) is 18.7 Å². The van der Waals surface area contributed by atoms with Gasteiger partial charge in [-0.3, -0.25) is 14.4 Å². The predicted octanol–water partition coefficient (Wildman–Crippen LogP) is 5.21. The van der Waals surface area contributed by atoms with Gasteiger partial charge in [0.25, 0.3) is 0 Å². The number of carbonyl (C=O) groups is 3. The number of alkyl halides is 2. The first kappa shape index (κ1) is 37.3. The monoisotopic (exact) mass is 505 g/mol. The lowest BCUT2D eigenvalue weighted by Gasteiger charge is -2.14. The summed E-state index contributed by atoms with van der Waals surface area (Å²) >= 11 is 0. The number of unbranched alkanes of at least 4 members (excludes halogenated alkanes) is 7. The van der Waals surface area contributed by atoms with Crippen LogP contribution in [0.1, 0.15) is 91.9 Å². The summed E-state index contributed by atoms with van der Waals surface area (Å²) in [7, 11) is 0. The van der Waals surface area contributed by atoms with Crippen molar-refractivity contribution >= 4 is 18.3 Å². The molecule has 0 aliphatic heterocycles. The number of hydrogen-bond acceptors (Lipinski definition) is 4. The topological polar surface area (TPSA) is 122 Å². The molecule has 5 N–H and O–H groups in total. The highest BCUT2D eigenvalue weighted by atomic mass is 19.3. The quantitative estimate of drug-likeness (QED) is 0.109. The van der Waals surface area contributed by atoms with Gasteiger partial charge < -0.3 is 21.5 Å². The van der Waals surface area contributed by atoms with E-state index >= 15 is 0 Å². The summed E-state index contributed by atoms with van der Waals surface area (Å²) in [5.74, 6) is -1.57. The Morgan fingerprint density at radius 1 is 1.03 bits per heavy atom. The molecule has 206 valence electrons. The number of carboxylic acid groups (broad SMARTS) is 1. The van der Waals surface area contributed by atoms with Crippen molar-refractivity contribution < 1.29 is 28.3 Å². The van der Waals surface area contributed by atoms with Crippen molar-refractivity contribution in [1.29, 1.82) is 0 Å². The van der Waals surface area contributed by atoms with Gasteiger partial charge in [-0.2, -0.15) is 0 Å². The molecule has 2 unspecified atom stereocenters. The van der Waals surface area contributed by atoms with Gasteiger partial charge >= 0.3 is 5.97 Å². The van der Waals surface area contributed by atoms with E-state index in [0.29, 0.717) is 25.9 Å². The van der Waals surface area contributed by atoms with Crippen molar-refractivity contribution in [2.75, 3.05) is 13.1 Å². The van der Waals surface area contributed by atoms with E-state index in [1.54, 1.807) is 13.0 Å². The lowest BCUT2D eigenvalue weighted by Crippen LogP contribution is -2.45. The number of carbonyl (C=O) groups excluding carboxylic acids is 2. The molecule has 0 aromatic rings. The summed E-state index contributed by atoms with van der Waals surface area (Å²) in [6.45, 7) is 11.8. The predicted molar refractivity (Wildman–Crippen MR) is 139 cm³/mol. The zero-order chi connectivity index (χ0) is 27.5. The van der Waals surface area contributed by atoms with Crippen LogP contribution in [0.5, 0.6) is 0 Å². The van der Waals surface area contributed by atoms with Gasteiger partial charge in [0.1, 0.15) is 6.04 Å². The fourth-order valence-corrected chi connectivity index (χ4v) is 2.74. The molecule has 0 bridgehead atoms. The second kappa shape index (κ2) is 28.0. The molecule has 0 rings (SSSR count). The summed E-state index contributed by atoms with van der Waals surface area (Å²) < 4.78 is 23.6. The molecule has 0 aromatic carbocycles. The highest BCUT2D eigenvalue weighted by Gasteiger charge is 2.15. The standard InChI is InChI=1S/C16H31N3O4.C8H12F2.C2H6/c17-11-10-14(19-13-20)16(23)18-12-8-6-4-2-1-3-5-7-9-15(21)22;1-6(2)4-5-7(3)8(9)10;1-2/h13-14H,1-12,17H2,(H,18,23)(H,19,20)(H,21,22);4-5,7-8H,1H2,2-3H3;1-2H3/b;5-4-;. The average Bonchev–Trinajstić information content (AvgIpc) is 2.82. The molecule has 0 aromatic heterocycles. The highest BCUT2D eigenvalue weighted by molar-refractivity contribution is 5.83. The third kappa shape index (κ3) is 29.7. The van der Waals surface area contributed by atoms with Crippen LogP contribution in [0.25, 0.3) is 0 Å². The number of allylic oxidation sites excluding steroid dienone is 3. The molecule has 2 amide bonds. The normalized spacial score (nSPS) is 12.0. The second-order valence-corrected chi connectivity index (χ2v) is 8.08. The first-order chi connectivity index (χ1) is 16.6. The number of amides is 2. The van der Waals surface area contributed by atoms with Crippen LogP contribution >= 0.6 is 0 Å². The molecule has 0 aliphatic rings. The van der Waals surface area contributed by atoms with E-state index in [2.05, 4.69) is 17.2 Å². The van der Waals surface area contributed by atoms with Crippen LogP contribution in [0.2, 0.25) is 0 Å². The number of carboxylic acids is 1. The van der Waals surface area contributed by atoms with Crippen LogP contribution in [0.15, 0.2) is 24.3 Å². The van der Waals surface area contributed by atoms with Crippen molar-refractivity contribution in [1.82, 2.24) is 10.6 Å². The van der Waals surface area contributed by atoms with Crippen molar-refractivity contribution in [3.05, 3.63) is 24.3 Å².